The van der Waals surface area contributed by atoms with Crippen molar-refractivity contribution in [2.45, 2.75) is 20.0 Å². The quantitative estimate of drug-likeness (QED) is 0.459. The summed E-state index contributed by atoms with van der Waals surface area (Å²) in [6.07, 6.45) is 5.23. The molecule has 0 radical (unpaired) electrons. The van der Waals surface area contributed by atoms with Gasteiger partial charge in [0.05, 0.1) is 34.4 Å². The van der Waals surface area contributed by atoms with Gasteiger partial charge in [0.25, 0.3) is 5.56 Å². The van der Waals surface area contributed by atoms with Crippen molar-refractivity contribution in [3.8, 4) is 11.4 Å². The molecule has 0 spiro atoms. The number of aromatic nitrogens is 6. The zero-order valence-corrected chi connectivity index (χ0v) is 19.7. The van der Waals surface area contributed by atoms with E-state index in [1.54, 1.807) is 17.9 Å². The predicted molar refractivity (Wildman–Crippen MR) is 127 cm³/mol. The van der Waals surface area contributed by atoms with Crippen molar-refractivity contribution in [1.29, 1.82) is 0 Å². The minimum atomic E-state index is -0.155. The van der Waals surface area contributed by atoms with Gasteiger partial charge in [-0.25, -0.2) is 9.97 Å². The number of anilines is 1. The van der Waals surface area contributed by atoms with E-state index in [9.17, 15) is 4.79 Å². The van der Waals surface area contributed by atoms with Crippen molar-refractivity contribution in [2.75, 3.05) is 24.6 Å². The zero-order chi connectivity index (χ0) is 23.3. The Labute approximate surface area is 195 Å². The van der Waals surface area contributed by atoms with Crippen LogP contribution < -0.4 is 10.5 Å². The van der Waals surface area contributed by atoms with Crippen molar-refractivity contribution >= 4 is 28.3 Å². The van der Waals surface area contributed by atoms with Crippen molar-refractivity contribution < 1.29 is 4.74 Å². The number of hydrogen-bond donors (Lipinski definition) is 0. The number of halogens is 1. The summed E-state index contributed by atoms with van der Waals surface area (Å²) >= 11 is 6.14. The highest BCUT2D eigenvalue weighted by Gasteiger charge is 2.26. The second-order valence-electron chi connectivity index (χ2n) is 8.32. The number of nitrogens with zero attached hydrogens (tertiary/aromatic N) is 7. The molecule has 5 rings (SSSR count). The number of ether oxygens (including phenoxy) is 1. The molecular formula is C23H24ClN7O2. The van der Waals surface area contributed by atoms with Gasteiger partial charge < -0.3 is 9.64 Å². The first-order valence-electron chi connectivity index (χ1n) is 10.7. The topological polar surface area (TPSA) is 91.0 Å². The van der Waals surface area contributed by atoms with E-state index in [1.165, 1.54) is 4.57 Å². The van der Waals surface area contributed by atoms with Gasteiger partial charge in [0.15, 0.2) is 0 Å². The molecule has 1 aliphatic rings. The van der Waals surface area contributed by atoms with E-state index in [0.29, 0.717) is 52.8 Å². The van der Waals surface area contributed by atoms with Crippen LogP contribution in [-0.2, 0) is 18.8 Å². The van der Waals surface area contributed by atoms with Gasteiger partial charge in [-0.05, 0) is 25.5 Å². The second kappa shape index (κ2) is 8.24. The van der Waals surface area contributed by atoms with Crippen LogP contribution in [0.25, 0.3) is 22.3 Å². The lowest BCUT2D eigenvalue weighted by Crippen LogP contribution is -2.39. The molecule has 5 heterocycles. The molecule has 0 unspecified atom stereocenters. The lowest BCUT2D eigenvalue weighted by Gasteiger charge is -2.33. The molecule has 0 aliphatic carbocycles. The SMILES string of the molecule is Cc1cc(Cl)cnc1-c1nc(N2CCO[C@H](c3cnn(C)c3)C2)cc2nc(C)n(C)c(=O)c12. The minimum Gasteiger partial charge on any atom is -0.370 e. The molecule has 10 heteroatoms. The Balaban J connectivity index is 1.67. The largest absolute Gasteiger partial charge is 0.370 e. The van der Waals surface area contributed by atoms with Crippen molar-refractivity contribution in [1.82, 2.24) is 29.3 Å². The van der Waals surface area contributed by atoms with Gasteiger partial charge in [0.1, 0.15) is 23.4 Å². The summed E-state index contributed by atoms with van der Waals surface area (Å²) in [5.74, 6) is 1.36. The Bertz CT molecular complexity index is 1430. The molecule has 0 N–H and O–H groups in total. The number of aryl methyl sites for hydroxylation is 3. The molecule has 0 aromatic carbocycles. The predicted octanol–water partition coefficient (Wildman–Crippen LogP) is 2.97. The van der Waals surface area contributed by atoms with Crippen LogP contribution in [0, 0.1) is 13.8 Å². The van der Waals surface area contributed by atoms with Crippen molar-refractivity contribution in [3.05, 3.63) is 63.1 Å². The molecule has 0 saturated carbocycles. The van der Waals surface area contributed by atoms with Gasteiger partial charge >= 0.3 is 0 Å². The van der Waals surface area contributed by atoms with E-state index in [0.717, 1.165) is 16.9 Å². The highest BCUT2D eigenvalue weighted by atomic mass is 35.5. The van der Waals surface area contributed by atoms with Crippen LogP contribution in [0.4, 0.5) is 5.82 Å². The smallest absolute Gasteiger partial charge is 0.263 e. The van der Waals surface area contributed by atoms with Gasteiger partial charge in [-0.2, -0.15) is 5.10 Å². The zero-order valence-electron chi connectivity index (χ0n) is 18.9. The maximum Gasteiger partial charge on any atom is 0.263 e. The molecule has 0 amide bonds. The van der Waals surface area contributed by atoms with E-state index in [1.807, 2.05) is 45.4 Å². The summed E-state index contributed by atoms with van der Waals surface area (Å²) in [6, 6.07) is 3.70. The molecule has 4 aromatic heterocycles. The number of morpholine rings is 1. The van der Waals surface area contributed by atoms with Gasteiger partial charge in [0, 0.05) is 51.2 Å². The Kier molecular flexibility index (Phi) is 5.38. The Morgan fingerprint density at radius 1 is 1.12 bits per heavy atom. The fraction of sp³-hybridized carbons (Fsp3) is 0.348. The summed E-state index contributed by atoms with van der Waals surface area (Å²) in [5, 5.41) is 5.24. The first kappa shape index (κ1) is 21.5. The molecule has 1 fully saturated rings. The van der Waals surface area contributed by atoms with Crippen LogP contribution in [-0.4, -0.2) is 49.0 Å². The van der Waals surface area contributed by atoms with E-state index < -0.39 is 0 Å². The van der Waals surface area contributed by atoms with Crippen LogP contribution >= 0.6 is 11.6 Å². The number of rotatable bonds is 3. The van der Waals surface area contributed by atoms with Crippen LogP contribution in [0.5, 0.6) is 0 Å². The third-order valence-corrected chi connectivity index (χ3v) is 6.23. The molecule has 4 aromatic rings. The standard InChI is InChI=1S/C23H24ClN7O2/c1-13-7-16(24)10-25-21(13)22-20-17(27-14(2)30(4)23(20)32)8-19(28-22)31-5-6-33-18(12-31)15-9-26-29(3)11-15/h7-11,18H,5-6,12H2,1-4H3/t18-/m0/s1. The lowest BCUT2D eigenvalue weighted by molar-refractivity contribution is 0.0395. The fourth-order valence-electron chi connectivity index (χ4n) is 4.17. The van der Waals surface area contributed by atoms with Gasteiger partial charge in [-0.3, -0.25) is 19.0 Å². The van der Waals surface area contributed by atoms with Gasteiger partial charge in [-0.1, -0.05) is 11.6 Å². The second-order valence-corrected chi connectivity index (χ2v) is 8.75. The first-order chi connectivity index (χ1) is 15.8. The van der Waals surface area contributed by atoms with Crippen molar-refractivity contribution in [2.24, 2.45) is 14.1 Å². The van der Waals surface area contributed by atoms with E-state index in [-0.39, 0.29) is 11.7 Å². The number of fused-ring (bicyclic) bond motifs is 1. The van der Waals surface area contributed by atoms with Crippen LogP contribution in [0.15, 0.2) is 35.5 Å². The summed E-state index contributed by atoms with van der Waals surface area (Å²) in [6.45, 7) is 5.56. The Hall–Kier alpha value is -3.30. The molecule has 170 valence electrons. The molecule has 1 atom stereocenters. The Morgan fingerprint density at radius 3 is 2.67 bits per heavy atom. The monoisotopic (exact) mass is 465 g/mol. The molecule has 1 saturated heterocycles. The van der Waals surface area contributed by atoms with Crippen molar-refractivity contribution in [3.63, 3.8) is 0 Å². The summed E-state index contributed by atoms with van der Waals surface area (Å²) in [4.78, 5) is 29.6. The van der Waals surface area contributed by atoms with E-state index >= 15 is 0 Å². The van der Waals surface area contributed by atoms with Crippen LogP contribution in [0.1, 0.15) is 23.1 Å². The summed E-state index contributed by atoms with van der Waals surface area (Å²) in [5.41, 5.74) is 3.42. The minimum absolute atomic E-state index is 0.123. The van der Waals surface area contributed by atoms with Crippen LogP contribution in [0.3, 0.4) is 0 Å². The first-order valence-corrected chi connectivity index (χ1v) is 11.1. The average Bonchev–Trinajstić information content (AvgIpc) is 3.23. The normalized spacial score (nSPS) is 16.5. The van der Waals surface area contributed by atoms with E-state index in [2.05, 4.69) is 15.0 Å². The number of hydrogen-bond acceptors (Lipinski definition) is 7. The molecule has 0 bridgehead atoms. The third kappa shape index (κ3) is 3.87. The molecular weight excluding hydrogens is 442 g/mol. The summed E-state index contributed by atoms with van der Waals surface area (Å²) in [7, 11) is 3.60. The average molecular weight is 466 g/mol. The molecule has 1 aliphatic heterocycles. The Morgan fingerprint density at radius 2 is 1.94 bits per heavy atom. The lowest BCUT2D eigenvalue weighted by atomic mass is 10.1. The fourth-order valence-corrected chi connectivity index (χ4v) is 4.38. The van der Waals surface area contributed by atoms with Gasteiger partial charge in [-0.15, -0.1) is 0 Å². The number of pyridine rings is 2. The third-order valence-electron chi connectivity index (χ3n) is 6.03. The molecule has 33 heavy (non-hydrogen) atoms. The molecule has 9 nitrogen and oxygen atoms in total. The highest BCUT2D eigenvalue weighted by molar-refractivity contribution is 6.30. The maximum absolute atomic E-state index is 13.2. The van der Waals surface area contributed by atoms with Crippen LogP contribution in [0.2, 0.25) is 5.02 Å². The van der Waals surface area contributed by atoms with Gasteiger partial charge in [0.2, 0.25) is 0 Å². The maximum atomic E-state index is 13.2. The van der Waals surface area contributed by atoms with E-state index in [4.69, 9.17) is 26.3 Å². The summed E-state index contributed by atoms with van der Waals surface area (Å²) < 4.78 is 9.30. The highest BCUT2D eigenvalue weighted by Crippen LogP contribution is 2.32.